The molecule has 52 heavy (non-hydrogen) atoms. The van der Waals surface area contributed by atoms with E-state index in [2.05, 4.69) is 54.5 Å². The Balaban J connectivity index is 1.11. The van der Waals surface area contributed by atoms with Gasteiger partial charge >= 0.3 is 5.97 Å². The van der Waals surface area contributed by atoms with Crippen molar-refractivity contribution < 1.29 is 46.4 Å². The standard InChI is InChI=1S/C34H34N6O10S2/c1-51(45,46)27-14-13-25(49-31-29(33(41)42)35-39-37-31)17-24(27)10-6-20-5-9-23(16-20)22-8-4-19(15-22)3-7-21-11-12-26(18-28(21)52(2,47)48)50-32-30(34(43)44)36-40-38-32/h11-14,17-20,22-23,33,41-42H,4-5,8-9,15-16H2,1-2H3,(H,43,44)(H,35,37,39)(H,36,38,40). The number of aromatic nitrogens is 6. The van der Waals surface area contributed by atoms with E-state index >= 15 is 0 Å². The van der Waals surface area contributed by atoms with Crippen molar-refractivity contribution in [3.05, 3.63) is 58.9 Å². The van der Waals surface area contributed by atoms with Gasteiger partial charge in [-0.2, -0.15) is 0 Å². The summed E-state index contributed by atoms with van der Waals surface area (Å²) in [5, 5.41) is 46.9. The summed E-state index contributed by atoms with van der Waals surface area (Å²) in [6, 6.07) is 8.62. The predicted octanol–water partition coefficient (Wildman–Crippen LogP) is 3.23. The van der Waals surface area contributed by atoms with Crippen molar-refractivity contribution in [3.8, 4) is 46.9 Å². The number of aromatic amines is 2. The molecule has 2 fully saturated rings. The minimum absolute atomic E-state index is 0.0447. The third kappa shape index (κ3) is 8.43. The van der Waals surface area contributed by atoms with E-state index in [1.54, 1.807) is 0 Å². The summed E-state index contributed by atoms with van der Waals surface area (Å²) in [6.07, 6.45) is 5.65. The van der Waals surface area contributed by atoms with Gasteiger partial charge in [-0.1, -0.05) is 34.1 Å². The lowest BCUT2D eigenvalue weighted by Gasteiger charge is -2.17. The van der Waals surface area contributed by atoms with Gasteiger partial charge in [0.25, 0.3) is 5.88 Å². The number of hydrogen-bond acceptors (Lipinski definition) is 13. The molecule has 0 spiro atoms. The fraction of sp³-hybridized carbons (Fsp3) is 0.382. The van der Waals surface area contributed by atoms with Gasteiger partial charge in [0.15, 0.2) is 25.4 Å². The Bertz CT molecular complexity index is 2350. The van der Waals surface area contributed by atoms with Crippen molar-refractivity contribution in [1.82, 2.24) is 30.8 Å². The van der Waals surface area contributed by atoms with Crippen LogP contribution in [0.1, 0.15) is 72.1 Å². The number of carboxylic acid groups (broad SMARTS) is 1. The van der Waals surface area contributed by atoms with E-state index in [1.807, 2.05) is 0 Å². The molecule has 2 aromatic heterocycles. The minimum Gasteiger partial charge on any atom is -0.476 e. The van der Waals surface area contributed by atoms with Crippen LogP contribution in [-0.4, -0.2) is 81.5 Å². The molecule has 4 aromatic rings. The van der Waals surface area contributed by atoms with E-state index in [1.165, 1.54) is 36.4 Å². The molecule has 4 atom stereocenters. The molecule has 0 saturated heterocycles. The molecule has 2 aromatic carbocycles. The van der Waals surface area contributed by atoms with E-state index in [0.717, 1.165) is 51.0 Å². The Hall–Kier alpha value is -5.27. The fourth-order valence-corrected chi connectivity index (χ4v) is 8.29. The molecule has 4 unspecified atom stereocenters. The number of carboxylic acids is 1. The van der Waals surface area contributed by atoms with Gasteiger partial charge in [-0.05, 0) is 80.7 Å². The lowest BCUT2D eigenvalue weighted by Crippen LogP contribution is -2.08. The number of nitrogens with zero attached hydrogens (tertiary/aromatic N) is 4. The van der Waals surface area contributed by atoms with E-state index in [9.17, 15) is 36.9 Å². The van der Waals surface area contributed by atoms with Crippen LogP contribution in [-0.2, 0) is 19.7 Å². The Morgan fingerprint density at radius 1 is 0.769 bits per heavy atom. The lowest BCUT2D eigenvalue weighted by atomic mass is 9.88. The monoisotopic (exact) mass is 750 g/mol. The summed E-state index contributed by atoms with van der Waals surface area (Å²) >= 11 is 0. The van der Waals surface area contributed by atoms with Crippen molar-refractivity contribution in [2.75, 3.05) is 12.5 Å². The summed E-state index contributed by atoms with van der Waals surface area (Å²) in [6.45, 7) is 0. The van der Waals surface area contributed by atoms with Crippen LogP contribution < -0.4 is 9.47 Å². The highest BCUT2D eigenvalue weighted by atomic mass is 32.2. The number of rotatable bonds is 9. The van der Waals surface area contributed by atoms with Gasteiger partial charge in [0, 0.05) is 41.5 Å². The third-order valence-electron chi connectivity index (χ3n) is 9.08. The van der Waals surface area contributed by atoms with Gasteiger partial charge in [-0.3, -0.25) is 0 Å². The number of aromatic carboxylic acids is 1. The average molecular weight is 751 g/mol. The predicted molar refractivity (Wildman–Crippen MR) is 182 cm³/mol. The van der Waals surface area contributed by atoms with Crippen molar-refractivity contribution >= 4 is 25.6 Å². The minimum atomic E-state index is -3.71. The molecule has 2 heterocycles. The van der Waals surface area contributed by atoms with Crippen molar-refractivity contribution in [1.29, 1.82) is 0 Å². The van der Waals surface area contributed by atoms with Gasteiger partial charge in [0.2, 0.25) is 17.9 Å². The number of nitrogens with one attached hydrogen (secondary N) is 2. The summed E-state index contributed by atoms with van der Waals surface area (Å²) in [5.41, 5.74) is -0.0941. The molecule has 0 radical (unpaired) electrons. The molecule has 2 aliphatic rings. The second kappa shape index (κ2) is 14.8. The van der Waals surface area contributed by atoms with E-state index < -0.39 is 37.6 Å². The third-order valence-corrected chi connectivity index (χ3v) is 11.4. The fourth-order valence-electron chi connectivity index (χ4n) is 6.62. The summed E-state index contributed by atoms with van der Waals surface area (Å²) in [5.74, 6) is 12.2. The molecular weight excluding hydrogens is 717 g/mol. The van der Waals surface area contributed by atoms with Gasteiger partial charge in [0.05, 0.1) is 9.79 Å². The normalized spacial score (nSPS) is 20.2. The first-order valence-electron chi connectivity index (χ1n) is 16.1. The maximum atomic E-state index is 12.6. The van der Waals surface area contributed by atoms with Crippen LogP contribution in [0.15, 0.2) is 46.2 Å². The first kappa shape index (κ1) is 36.5. The molecule has 2 saturated carbocycles. The topological polar surface area (TPSA) is 248 Å². The highest BCUT2D eigenvalue weighted by molar-refractivity contribution is 7.91. The second-order valence-corrected chi connectivity index (χ2v) is 16.8. The zero-order chi connectivity index (χ0) is 37.2. The average Bonchev–Trinajstić information content (AvgIpc) is 3.90. The SMILES string of the molecule is CS(=O)(=O)c1ccc(Oc2[nH]nnc2C(O)O)cc1C#CC1CCC(C2CCC(C#Cc3ccc(Oc4[nH]nnc4C(=O)O)cc3S(C)(=O)=O)C2)C1. The van der Waals surface area contributed by atoms with Crippen LogP contribution in [0.25, 0.3) is 0 Å². The summed E-state index contributed by atoms with van der Waals surface area (Å²) < 4.78 is 61.5. The zero-order valence-corrected chi connectivity index (χ0v) is 29.5. The largest absolute Gasteiger partial charge is 0.476 e. The van der Waals surface area contributed by atoms with Crippen LogP contribution in [0, 0.1) is 47.4 Å². The molecule has 272 valence electrons. The van der Waals surface area contributed by atoms with Gasteiger partial charge in [-0.25, -0.2) is 31.8 Å². The van der Waals surface area contributed by atoms with Crippen molar-refractivity contribution in [2.24, 2.45) is 23.7 Å². The van der Waals surface area contributed by atoms with Crippen LogP contribution in [0.4, 0.5) is 0 Å². The molecule has 0 aliphatic heterocycles. The van der Waals surface area contributed by atoms with Crippen LogP contribution in [0.5, 0.6) is 23.3 Å². The molecule has 16 nitrogen and oxygen atoms in total. The maximum absolute atomic E-state index is 12.6. The van der Waals surface area contributed by atoms with Gasteiger partial charge in [-0.15, -0.1) is 10.2 Å². The summed E-state index contributed by atoms with van der Waals surface area (Å²) in [7, 11) is -7.32. The molecule has 18 heteroatoms. The van der Waals surface area contributed by atoms with Crippen LogP contribution in [0.3, 0.4) is 0 Å². The van der Waals surface area contributed by atoms with Crippen LogP contribution in [0.2, 0.25) is 0 Å². The van der Waals surface area contributed by atoms with E-state index in [4.69, 9.17) is 9.47 Å². The Morgan fingerprint density at radius 3 is 1.94 bits per heavy atom. The number of aliphatic hydroxyl groups is 2. The van der Waals surface area contributed by atoms with Gasteiger partial charge in [0.1, 0.15) is 11.5 Å². The number of hydrogen-bond donors (Lipinski definition) is 5. The smallest absolute Gasteiger partial charge is 0.362 e. The Labute approximate surface area is 298 Å². The molecule has 5 N–H and O–H groups in total. The molecule has 6 rings (SSSR count). The Morgan fingerprint density at radius 2 is 1.33 bits per heavy atom. The van der Waals surface area contributed by atoms with Gasteiger partial charge < -0.3 is 24.8 Å². The van der Waals surface area contributed by atoms with E-state index in [-0.39, 0.29) is 56.1 Å². The number of aliphatic hydroxyl groups excluding tert-OH is 1. The molecule has 2 aliphatic carbocycles. The first-order valence-corrected chi connectivity index (χ1v) is 19.9. The number of ether oxygens (including phenoxy) is 2. The van der Waals surface area contributed by atoms with E-state index in [0.29, 0.717) is 17.4 Å². The highest BCUT2D eigenvalue weighted by Gasteiger charge is 2.35. The van der Waals surface area contributed by atoms with Crippen molar-refractivity contribution in [2.45, 2.75) is 54.6 Å². The molecular formula is C34H34N6O10S2. The summed E-state index contributed by atoms with van der Waals surface area (Å²) in [4.78, 5) is 11.3. The highest BCUT2D eigenvalue weighted by Crippen LogP contribution is 2.44. The number of benzene rings is 2. The number of carbonyl (C=O) groups is 1. The Kier molecular flexibility index (Phi) is 10.4. The molecule has 0 bridgehead atoms. The zero-order valence-electron chi connectivity index (χ0n) is 27.9. The number of H-pyrrole nitrogens is 2. The maximum Gasteiger partial charge on any atom is 0.362 e. The van der Waals surface area contributed by atoms with Crippen LogP contribution >= 0.6 is 0 Å². The second-order valence-electron chi connectivity index (χ2n) is 12.8. The first-order chi connectivity index (χ1) is 24.7. The molecule has 0 amide bonds. The lowest BCUT2D eigenvalue weighted by molar-refractivity contribution is -0.0470. The number of sulfone groups is 2. The van der Waals surface area contributed by atoms with Crippen molar-refractivity contribution in [3.63, 3.8) is 0 Å². The quantitative estimate of drug-likeness (QED) is 0.122.